The summed E-state index contributed by atoms with van der Waals surface area (Å²) in [5.41, 5.74) is 0.370. The van der Waals surface area contributed by atoms with Gasteiger partial charge in [-0.05, 0) is 29.5 Å². The summed E-state index contributed by atoms with van der Waals surface area (Å²) in [6.45, 7) is 7.99. The quantitative estimate of drug-likeness (QED) is 0.883. The first-order valence-corrected chi connectivity index (χ1v) is 6.11. The highest BCUT2D eigenvalue weighted by Crippen LogP contribution is 2.39. The summed E-state index contributed by atoms with van der Waals surface area (Å²) in [5, 5.41) is 18.6. The SMILES string of the molecule is CC(C)C(C#N)(c1cccc(C(=O)O)c1)C(C)C. The zero-order chi connectivity index (χ0) is 13.9. The Morgan fingerprint density at radius 3 is 2.22 bits per heavy atom. The summed E-state index contributed by atoms with van der Waals surface area (Å²) in [6, 6.07) is 9.12. The van der Waals surface area contributed by atoms with Crippen LogP contribution in [0.3, 0.4) is 0 Å². The number of carboxylic acids is 1. The van der Waals surface area contributed by atoms with Gasteiger partial charge in [-0.2, -0.15) is 5.26 Å². The zero-order valence-corrected chi connectivity index (χ0v) is 11.3. The second kappa shape index (κ2) is 5.22. The average molecular weight is 245 g/mol. The third-order valence-electron chi connectivity index (χ3n) is 3.59. The van der Waals surface area contributed by atoms with Crippen molar-refractivity contribution in [1.82, 2.24) is 0 Å². The summed E-state index contributed by atoms with van der Waals surface area (Å²) in [6.07, 6.45) is 0. The molecule has 1 aromatic rings. The molecule has 96 valence electrons. The van der Waals surface area contributed by atoms with Crippen molar-refractivity contribution in [3.8, 4) is 6.07 Å². The van der Waals surface area contributed by atoms with Gasteiger partial charge in [0.15, 0.2) is 0 Å². The highest BCUT2D eigenvalue weighted by atomic mass is 16.4. The number of carbonyl (C=O) groups is 1. The van der Waals surface area contributed by atoms with Gasteiger partial charge in [-0.15, -0.1) is 0 Å². The molecule has 0 fully saturated rings. The van der Waals surface area contributed by atoms with Crippen molar-refractivity contribution in [3.05, 3.63) is 35.4 Å². The summed E-state index contributed by atoms with van der Waals surface area (Å²) >= 11 is 0. The smallest absolute Gasteiger partial charge is 0.335 e. The van der Waals surface area contributed by atoms with Gasteiger partial charge in [0.2, 0.25) is 0 Å². The minimum absolute atomic E-state index is 0.117. The third-order valence-corrected chi connectivity index (χ3v) is 3.59. The van der Waals surface area contributed by atoms with Crippen LogP contribution in [0, 0.1) is 23.2 Å². The van der Waals surface area contributed by atoms with Crippen molar-refractivity contribution in [2.75, 3.05) is 0 Å². The number of carboxylic acid groups (broad SMARTS) is 1. The average Bonchev–Trinajstić information content (AvgIpc) is 2.30. The van der Waals surface area contributed by atoms with Crippen molar-refractivity contribution in [2.24, 2.45) is 11.8 Å². The fraction of sp³-hybridized carbons (Fsp3) is 0.467. The molecule has 3 heteroatoms. The molecule has 0 aliphatic carbocycles. The van der Waals surface area contributed by atoms with Crippen LogP contribution >= 0.6 is 0 Å². The molecule has 1 rings (SSSR count). The number of nitriles is 1. The van der Waals surface area contributed by atoms with Crippen LogP contribution in [0.25, 0.3) is 0 Å². The molecule has 1 N–H and O–H groups in total. The minimum atomic E-state index is -0.962. The molecular weight excluding hydrogens is 226 g/mol. The predicted molar refractivity (Wildman–Crippen MR) is 70.4 cm³/mol. The highest BCUT2D eigenvalue weighted by molar-refractivity contribution is 5.87. The Hall–Kier alpha value is -1.82. The maximum absolute atomic E-state index is 11.0. The standard InChI is InChI=1S/C15H19NO2/c1-10(2)15(9-16,11(3)4)13-7-5-6-12(8-13)14(17)18/h5-8,10-11H,1-4H3,(H,17,18). The molecule has 0 atom stereocenters. The first-order chi connectivity index (χ1) is 8.36. The first-order valence-electron chi connectivity index (χ1n) is 6.11. The van der Waals surface area contributed by atoms with E-state index in [2.05, 4.69) is 6.07 Å². The Morgan fingerprint density at radius 1 is 1.28 bits per heavy atom. The van der Waals surface area contributed by atoms with Crippen LogP contribution < -0.4 is 0 Å². The molecule has 0 spiro atoms. The van der Waals surface area contributed by atoms with Crippen molar-refractivity contribution < 1.29 is 9.90 Å². The van der Waals surface area contributed by atoms with E-state index in [9.17, 15) is 10.1 Å². The summed E-state index contributed by atoms with van der Waals surface area (Å²) < 4.78 is 0. The molecular formula is C15H19NO2. The molecule has 0 bridgehead atoms. The van der Waals surface area contributed by atoms with Crippen molar-refractivity contribution in [3.63, 3.8) is 0 Å². The highest BCUT2D eigenvalue weighted by Gasteiger charge is 2.39. The molecule has 0 aliphatic heterocycles. The van der Waals surface area contributed by atoms with Crippen LogP contribution in [-0.2, 0) is 5.41 Å². The predicted octanol–water partition coefficient (Wildman–Crippen LogP) is 3.46. The molecule has 18 heavy (non-hydrogen) atoms. The van der Waals surface area contributed by atoms with E-state index >= 15 is 0 Å². The van der Waals surface area contributed by atoms with Crippen LogP contribution in [0.1, 0.15) is 43.6 Å². The lowest BCUT2D eigenvalue weighted by atomic mass is 9.65. The van der Waals surface area contributed by atoms with Crippen molar-refractivity contribution in [2.45, 2.75) is 33.1 Å². The lowest BCUT2D eigenvalue weighted by molar-refractivity contribution is 0.0696. The van der Waals surface area contributed by atoms with Gasteiger partial charge in [0, 0.05) is 0 Å². The van der Waals surface area contributed by atoms with Gasteiger partial charge in [0.1, 0.15) is 0 Å². The van der Waals surface area contributed by atoms with Crippen LogP contribution in [-0.4, -0.2) is 11.1 Å². The molecule has 0 unspecified atom stereocenters. The summed E-state index contributed by atoms with van der Waals surface area (Å²) in [7, 11) is 0. The van der Waals surface area contributed by atoms with E-state index in [-0.39, 0.29) is 17.4 Å². The zero-order valence-electron chi connectivity index (χ0n) is 11.3. The summed E-state index contributed by atoms with van der Waals surface area (Å²) in [4.78, 5) is 11.0. The van der Waals surface area contributed by atoms with Crippen molar-refractivity contribution in [1.29, 1.82) is 5.26 Å². The Labute approximate surface area is 108 Å². The van der Waals surface area contributed by atoms with E-state index < -0.39 is 11.4 Å². The third kappa shape index (κ3) is 2.24. The van der Waals surface area contributed by atoms with Crippen LogP contribution in [0.2, 0.25) is 0 Å². The number of rotatable bonds is 4. The van der Waals surface area contributed by atoms with E-state index in [0.29, 0.717) is 0 Å². The minimum Gasteiger partial charge on any atom is -0.478 e. The van der Waals surface area contributed by atoms with Gasteiger partial charge in [0.25, 0.3) is 0 Å². The molecule has 0 aliphatic rings. The molecule has 0 radical (unpaired) electrons. The fourth-order valence-corrected chi connectivity index (χ4v) is 2.57. The maximum Gasteiger partial charge on any atom is 0.335 e. The van der Waals surface area contributed by atoms with Gasteiger partial charge in [-0.3, -0.25) is 0 Å². The topological polar surface area (TPSA) is 61.1 Å². The second-order valence-electron chi connectivity index (χ2n) is 5.18. The Morgan fingerprint density at radius 2 is 1.83 bits per heavy atom. The molecule has 0 saturated carbocycles. The van der Waals surface area contributed by atoms with Crippen molar-refractivity contribution >= 4 is 5.97 Å². The maximum atomic E-state index is 11.0. The van der Waals surface area contributed by atoms with Gasteiger partial charge in [-0.25, -0.2) is 4.79 Å². The van der Waals surface area contributed by atoms with Crippen LogP contribution in [0.4, 0.5) is 0 Å². The second-order valence-corrected chi connectivity index (χ2v) is 5.18. The largest absolute Gasteiger partial charge is 0.478 e. The Kier molecular flexibility index (Phi) is 4.13. The number of hydrogen-bond donors (Lipinski definition) is 1. The molecule has 0 amide bonds. The fourth-order valence-electron chi connectivity index (χ4n) is 2.57. The van der Waals surface area contributed by atoms with Gasteiger partial charge < -0.3 is 5.11 Å². The first kappa shape index (κ1) is 14.2. The van der Waals surface area contributed by atoms with E-state index in [0.717, 1.165) is 5.56 Å². The number of hydrogen-bond acceptors (Lipinski definition) is 2. The van der Waals surface area contributed by atoms with E-state index in [1.54, 1.807) is 18.2 Å². The van der Waals surface area contributed by atoms with Crippen LogP contribution in [0.5, 0.6) is 0 Å². The van der Waals surface area contributed by atoms with Gasteiger partial charge >= 0.3 is 5.97 Å². The van der Waals surface area contributed by atoms with Crippen LogP contribution in [0.15, 0.2) is 24.3 Å². The lowest BCUT2D eigenvalue weighted by Crippen LogP contribution is -2.36. The number of aromatic carboxylic acids is 1. The number of benzene rings is 1. The molecule has 1 aromatic carbocycles. The normalized spacial score (nSPS) is 11.6. The molecule has 0 aromatic heterocycles. The monoisotopic (exact) mass is 245 g/mol. The van der Waals surface area contributed by atoms with E-state index in [1.807, 2.05) is 33.8 Å². The lowest BCUT2D eigenvalue weighted by Gasteiger charge is -2.35. The molecule has 3 nitrogen and oxygen atoms in total. The molecule has 0 heterocycles. The Balaban J connectivity index is 3.44. The van der Waals surface area contributed by atoms with Gasteiger partial charge in [-0.1, -0.05) is 39.8 Å². The Bertz CT molecular complexity index is 476. The summed E-state index contributed by atoms with van der Waals surface area (Å²) in [5.74, 6) is -0.728. The molecule has 0 saturated heterocycles. The van der Waals surface area contributed by atoms with E-state index in [1.165, 1.54) is 0 Å². The van der Waals surface area contributed by atoms with Gasteiger partial charge in [0.05, 0.1) is 17.0 Å². The van der Waals surface area contributed by atoms with E-state index in [4.69, 9.17) is 5.11 Å². The number of nitrogens with zero attached hydrogens (tertiary/aromatic N) is 1.